The highest BCUT2D eigenvalue weighted by Gasteiger charge is 2.09. The normalized spacial score (nSPS) is 12.0. The van der Waals surface area contributed by atoms with Gasteiger partial charge in [-0.1, -0.05) is 19.1 Å². The van der Waals surface area contributed by atoms with Gasteiger partial charge in [-0.15, -0.1) is 0 Å². The Labute approximate surface area is 115 Å². The van der Waals surface area contributed by atoms with Crippen LogP contribution in [0.5, 0.6) is 0 Å². The summed E-state index contributed by atoms with van der Waals surface area (Å²) in [5.74, 6) is 0. The first kappa shape index (κ1) is 14.9. The zero-order valence-electron chi connectivity index (χ0n) is 11.6. The van der Waals surface area contributed by atoms with Gasteiger partial charge in [0.15, 0.2) is 5.11 Å². The fraction of sp³-hybridized carbons (Fsp3) is 0.500. The molecular weight excluding hydrogens is 244 g/mol. The molecule has 1 unspecified atom stereocenters. The molecule has 0 aromatic heterocycles. The molecule has 0 heterocycles. The van der Waals surface area contributed by atoms with E-state index >= 15 is 0 Å². The maximum absolute atomic E-state index is 5.37. The Morgan fingerprint density at radius 1 is 1.39 bits per heavy atom. The van der Waals surface area contributed by atoms with Crippen molar-refractivity contribution in [1.29, 1.82) is 0 Å². The molecule has 1 aromatic rings. The van der Waals surface area contributed by atoms with E-state index in [1.165, 1.54) is 5.56 Å². The monoisotopic (exact) mass is 266 g/mol. The first-order valence-corrected chi connectivity index (χ1v) is 6.61. The Kier molecular flexibility index (Phi) is 6.09. The molecule has 1 atom stereocenters. The molecule has 0 fully saturated rings. The number of anilines is 1. The number of nitrogens with zero attached hydrogens (tertiary/aromatic N) is 1. The summed E-state index contributed by atoms with van der Waals surface area (Å²) in [6, 6.07) is 8.65. The molecule has 0 saturated carbocycles. The molecule has 0 aliphatic carbocycles. The van der Waals surface area contributed by atoms with E-state index in [1.54, 1.807) is 7.11 Å². The molecular formula is C14H22N2OS. The number of thiocarbonyl (C=S) groups is 1. The Morgan fingerprint density at radius 3 is 2.50 bits per heavy atom. The molecule has 0 aliphatic heterocycles. The molecule has 1 rings (SSSR count). The summed E-state index contributed by atoms with van der Waals surface area (Å²) >= 11 is 5.37. The Balaban J connectivity index is 2.61. The van der Waals surface area contributed by atoms with Crippen LogP contribution in [0.15, 0.2) is 24.3 Å². The summed E-state index contributed by atoms with van der Waals surface area (Å²) in [7, 11) is 3.66. The van der Waals surface area contributed by atoms with Crippen molar-refractivity contribution in [3.8, 4) is 0 Å². The second-order valence-electron chi connectivity index (χ2n) is 4.38. The molecule has 0 radical (unpaired) electrons. The lowest BCUT2D eigenvalue weighted by molar-refractivity contribution is 0.179. The van der Waals surface area contributed by atoms with Crippen molar-refractivity contribution in [1.82, 2.24) is 5.32 Å². The number of hydrogen-bond acceptors (Lipinski definition) is 2. The van der Waals surface area contributed by atoms with Crippen molar-refractivity contribution in [3.05, 3.63) is 29.8 Å². The van der Waals surface area contributed by atoms with Crippen LogP contribution in [-0.2, 0) is 11.2 Å². The van der Waals surface area contributed by atoms with Crippen LogP contribution in [0.25, 0.3) is 0 Å². The Hall–Kier alpha value is -1.13. The van der Waals surface area contributed by atoms with Crippen LogP contribution in [-0.4, -0.2) is 31.9 Å². The Bertz CT molecular complexity index is 378. The maximum atomic E-state index is 5.37. The summed E-state index contributed by atoms with van der Waals surface area (Å²) in [6.45, 7) is 4.84. The molecule has 0 bridgehead atoms. The second-order valence-corrected chi connectivity index (χ2v) is 4.77. The zero-order valence-corrected chi connectivity index (χ0v) is 12.4. The lowest BCUT2D eigenvalue weighted by atomic mass is 10.1. The predicted molar refractivity (Wildman–Crippen MR) is 81.3 cm³/mol. The fourth-order valence-electron chi connectivity index (χ4n) is 1.67. The van der Waals surface area contributed by atoms with Crippen molar-refractivity contribution in [2.75, 3.05) is 25.7 Å². The van der Waals surface area contributed by atoms with Gasteiger partial charge in [-0.3, -0.25) is 0 Å². The smallest absolute Gasteiger partial charge is 0.173 e. The highest BCUT2D eigenvalue weighted by atomic mass is 32.1. The van der Waals surface area contributed by atoms with Crippen molar-refractivity contribution in [2.45, 2.75) is 26.3 Å². The van der Waals surface area contributed by atoms with Gasteiger partial charge >= 0.3 is 0 Å². The van der Waals surface area contributed by atoms with Crippen molar-refractivity contribution in [2.24, 2.45) is 0 Å². The van der Waals surface area contributed by atoms with Gasteiger partial charge in [-0.2, -0.15) is 0 Å². The fourth-order valence-corrected chi connectivity index (χ4v) is 1.98. The van der Waals surface area contributed by atoms with Gasteiger partial charge in [0.1, 0.15) is 0 Å². The van der Waals surface area contributed by atoms with Crippen LogP contribution < -0.4 is 10.2 Å². The number of nitrogens with one attached hydrogen (secondary N) is 1. The van der Waals surface area contributed by atoms with Crippen LogP contribution in [0, 0.1) is 0 Å². The van der Waals surface area contributed by atoms with Crippen molar-refractivity contribution in [3.63, 3.8) is 0 Å². The summed E-state index contributed by atoms with van der Waals surface area (Å²) < 4.78 is 5.08. The van der Waals surface area contributed by atoms with Gasteiger partial charge in [0, 0.05) is 25.9 Å². The van der Waals surface area contributed by atoms with Crippen LogP contribution in [0.3, 0.4) is 0 Å². The molecule has 0 aliphatic rings. The van der Waals surface area contributed by atoms with E-state index in [2.05, 4.69) is 36.5 Å². The van der Waals surface area contributed by atoms with Gasteiger partial charge < -0.3 is 15.0 Å². The first-order chi connectivity index (χ1) is 8.58. The van der Waals surface area contributed by atoms with Crippen molar-refractivity contribution < 1.29 is 4.74 Å². The third-order valence-electron chi connectivity index (χ3n) is 2.82. The number of benzene rings is 1. The minimum Gasteiger partial charge on any atom is -0.383 e. The SMILES string of the molecule is CCc1ccc(N(C)C(=S)NC(C)COC)cc1. The number of aryl methyl sites for hydroxylation is 1. The number of rotatable bonds is 5. The highest BCUT2D eigenvalue weighted by molar-refractivity contribution is 7.80. The molecule has 3 nitrogen and oxygen atoms in total. The number of hydrogen-bond donors (Lipinski definition) is 1. The van der Waals surface area contributed by atoms with Crippen LogP contribution in [0.1, 0.15) is 19.4 Å². The topological polar surface area (TPSA) is 24.5 Å². The van der Waals surface area contributed by atoms with E-state index in [9.17, 15) is 0 Å². The molecule has 18 heavy (non-hydrogen) atoms. The van der Waals surface area contributed by atoms with Gasteiger partial charge in [0.05, 0.1) is 6.61 Å². The molecule has 4 heteroatoms. The predicted octanol–water partition coefficient (Wildman–Crippen LogP) is 2.59. The van der Waals surface area contributed by atoms with Crippen LogP contribution in [0.4, 0.5) is 5.69 Å². The van der Waals surface area contributed by atoms with E-state index in [-0.39, 0.29) is 6.04 Å². The number of ether oxygens (including phenoxy) is 1. The van der Waals surface area contributed by atoms with Gasteiger partial charge in [0.25, 0.3) is 0 Å². The minimum atomic E-state index is 0.208. The summed E-state index contributed by atoms with van der Waals surface area (Å²) in [4.78, 5) is 1.97. The van der Waals surface area contributed by atoms with Gasteiger partial charge in [0.2, 0.25) is 0 Å². The highest BCUT2D eigenvalue weighted by Crippen LogP contribution is 2.14. The van der Waals surface area contributed by atoms with Gasteiger partial charge in [-0.05, 0) is 43.3 Å². The lowest BCUT2D eigenvalue weighted by Crippen LogP contribution is -2.43. The molecule has 0 amide bonds. The molecule has 100 valence electrons. The standard InChI is InChI=1S/C14H22N2OS/c1-5-12-6-8-13(9-7-12)16(3)14(18)15-11(2)10-17-4/h6-9,11H,5,10H2,1-4H3,(H,15,18). The van der Waals surface area contributed by atoms with Crippen LogP contribution in [0.2, 0.25) is 0 Å². The average molecular weight is 266 g/mol. The van der Waals surface area contributed by atoms with E-state index in [1.807, 2.05) is 18.9 Å². The quantitative estimate of drug-likeness (QED) is 0.828. The first-order valence-electron chi connectivity index (χ1n) is 6.20. The average Bonchev–Trinajstić information content (AvgIpc) is 2.38. The summed E-state index contributed by atoms with van der Waals surface area (Å²) in [5.41, 5.74) is 2.42. The van der Waals surface area contributed by atoms with Gasteiger partial charge in [-0.25, -0.2) is 0 Å². The molecule has 1 aromatic carbocycles. The molecule has 0 spiro atoms. The van der Waals surface area contributed by atoms with Crippen molar-refractivity contribution >= 4 is 23.0 Å². The molecule has 0 saturated heterocycles. The van der Waals surface area contributed by atoms with E-state index in [0.717, 1.165) is 12.1 Å². The van der Waals surface area contributed by atoms with E-state index in [4.69, 9.17) is 17.0 Å². The third-order valence-corrected chi connectivity index (χ3v) is 3.21. The minimum absolute atomic E-state index is 0.208. The largest absolute Gasteiger partial charge is 0.383 e. The summed E-state index contributed by atoms with van der Waals surface area (Å²) in [6.07, 6.45) is 1.05. The second kappa shape index (κ2) is 7.34. The zero-order chi connectivity index (χ0) is 13.5. The lowest BCUT2D eigenvalue weighted by Gasteiger charge is -2.24. The molecule has 1 N–H and O–H groups in total. The number of methoxy groups -OCH3 is 1. The van der Waals surface area contributed by atoms with Crippen LogP contribution >= 0.6 is 12.2 Å². The van der Waals surface area contributed by atoms with E-state index in [0.29, 0.717) is 11.7 Å². The third kappa shape index (κ3) is 4.27. The van der Waals surface area contributed by atoms with E-state index < -0.39 is 0 Å². The summed E-state index contributed by atoms with van der Waals surface area (Å²) in [5, 5.41) is 3.95. The Morgan fingerprint density at radius 2 is 2.00 bits per heavy atom. The maximum Gasteiger partial charge on any atom is 0.173 e.